The lowest BCUT2D eigenvalue weighted by molar-refractivity contribution is 0.233. The molecule has 2 aromatic heterocycles. The molecule has 1 aromatic carbocycles. The Labute approximate surface area is 287 Å². The highest BCUT2D eigenvalue weighted by Gasteiger charge is 2.22. The number of nitrogens with zero attached hydrogens (tertiary/aromatic N) is 2. The number of nitrogens with two attached hydrogens (primary N) is 1. The minimum absolute atomic E-state index is 0.0296. The molecule has 2 amide bonds. The number of nitrogens with one attached hydrogen (secondary N) is 2. The number of ether oxygens (including phenoxy) is 1. The van der Waals surface area contributed by atoms with Crippen molar-refractivity contribution in [1.82, 2.24) is 14.9 Å². The van der Waals surface area contributed by atoms with Crippen LogP contribution in [0.2, 0.25) is 0 Å². The summed E-state index contributed by atoms with van der Waals surface area (Å²) in [6, 6.07) is 10.5. The van der Waals surface area contributed by atoms with Crippen LogP contribution < -0.4 is 26.7 Å². The van der Waals surface area contributed by atoms with Gasteiger partial charge in [-0.15, -0.1) is 0 Å². The fraction of sp³-hybridized carbons (Fsp3) is 0.462. The molecule has 4 rings (SSSR count). The first kappa shape index (κ1) is 39.8. The molecule has 1 aliphatic carbocycles. The van der Waals surface area contributed by atoms with Crippen LogP contribution in [0.3, 0.4) is 0 Å². The molecule has 0 spiro atoms. The van der Waals surface area contributed by atoms with Crippen molar-refractivity contribution in [1.29, 1.82) is 0 Å². The van der Waals surface area contributed by atoms with E-state index in [-0.39, 0.29) is 17.9 Å². The maximum absolute atomic E-state index is 13.8. The number of amides is 2. The minimum atomic E-state index is -0.525. The predicted octanol–water partition coefficient (Wildman–Crippen LogP) is 8.54. The third-order valence-electron chi connectivity index (χ3n) is 7.51. The highest BCUT2D eigenvalue weighted by atomic mass is 16.5. The number of carbonyl (C=O) groups is 1. The van der Waals surface area contributed by atoms with Crippen LogP contribution in [-0.4, -0.2) is 33.9 Å². The van der Waals surface area contributed by atoms with E-state index in [0.29, 0.717) is 65.8 Å². The van der Waals surface area contributed by atoms with Crippen LogP contribution in [0.4, 0.5) is 10.5 Å². The molecule has 0 fully saturated rings. The molecule has 48 heavy (non-hydrogen) atoms. The van der Waals surface area contributed by atoms with Crippen molar-refractivity contribution in [2.45, 2.75) is 94.0 Å². The Bertz CT molecular complexity index is 1620. The molecular weight excluding hydrogens is 602 g/mol. The molecule has 0 aliphatic heterocycles. The van der Waals surface area contributed by atoms with Crippen molar-refractivity contribution >= 4 is 22.8 Å². The van der Waals surface area contributed by atoms with E-state index in [0.717, 1.165) is 23.3 Å². The van der Waals surface area contributed by atoms with E-state index in [2.05, 4.69) is 64.1 Å². The van der Waals surface area contributed by atoms with Gasteiger partial charge in [0.1, 0.15) is 17.1 Å². The molecule has 1 aliphatic rings. The maximum Gasteiger partial charge on any atom is 0.323 e. The summed E-state index contributed by atoms with van der Waals surface area (Å²) in [7, 11) is 0. The third kappa shape index (κ3) is 12.0. The minimum Gasteiger partial charge on any atom is -0.493 e. The number of aryl methyl sites for hydroxylation is 1. The Morgan fingerprint density at radius 1 is 1.04 bits per heavy atom. The second-order valence-electron chi connectivity index (χ2n) is 12.5. The summed E-state index contributed by atoms with van der Waals surface area (Å²) in [4.78, 5) is 31.7. The lowest BCUT2D eigenvalue weighted by Gasteiger charge is -2.19. The largest absolute Gasteiger partial charge is 0.493 e. The standard InChI is InChI=1S/C31H37N5O4.2C4H10/c1-4-20(3)22-17-23(32)12-13-24(18-22)34-31(39)35-28-27(21-9-6-10-25(19-21)40-16-8-15-37)26-11-7-14-33-29(26)36(5-2)30(28)38;1-4(2)3;1-3-4-2/h6-7,9-14,17,19-20,37H,4-5,8,15-16,18,32H2,1-3H3,(H2,34,35,39);4H,1-3H3;3-4H2,1-2H3. The van der Waals surface area contributed by atoms with E-state index in [9.17, 15) is 9.59 Å². The molecular formula is C39H57N5O4. The number of unbranched alkanes of at least 4 members (excludes halogenated alkanes) is 1. The first-order valence-electron chi connectivity index (χ1n) is 17.3. The molecule has 5 N–H and O–H groups in total. The molecule has 1 atom stereocenters. The van der Waals surface area contributed by atoms with Crippen molar-refractivity contribution in [3.8, 4) is 16.9 Å². The number of benzene rings is 1. The number of fused-ring (bicyclic) bond motifs is 1. The average Bonchev–Trinajstić information content (AvgIpc) is 3.25. The number of pyridine rings is 2. The number of hydrogen-bond donors (Lipinski definition) is 4. The molecule has 1 unspecified atom stereocenters. The van der Waals surface area contributed by atoms with Gasteiger partial charge in [0.15, 0.2) is 0 Å². The van der Waals surface area contributed by atoms with Crippen LogP contribution in [0.1, 0.15) is 87.5 Å². The van der Waals surface area contributed by atoms with Gasteiger partial charge >= 0.3 is 6.03 Å². The molecule has 0 saturated heterocycles. The number of rotatable bonds is 11. The van der Waals surface area contributed by atoms with Gasteiger partial charge in [-0.1, -0.05) is 79.0 Å². The van der Waals surface area contributed by atoms with Crippen LogP contribution in [0, 0.1) is 11.8 Å². The predicted molar refractivity (Wildman–Crippen MR) is 200 cm³/mol. The van der Waals surface area contributed by atoms with E-state index in [4.69, 9.17) is 15.6 Å². The number of hydrogen-bond acceptors (Lipinski definition) is 6. The van der Waals surface area contributed by atoms with Gasteiger partial charge < -0.3 is 26.2 Å². The van der Waals surface area contributed by atoms with Crippen molar-refractivity contribution < 1.29 is 14.6 Å². The van der Waals surface area contributed by atoms with E-state index in [1.54, 1.807) is 29.0 Å². The monoisotopic (exact) mass is 659 g/mol. The van der Waals surface area contributed by atoms with Gasteiger partial charge in [-0.05, 0) is 73.2 Å². The fourth-order valence-corrected chi connectivity index (χ4v) is 4.73. The van der Waals surface area contributed by atoms with E-state index in [1.807, 2.05) is 43.3 Å². The lowest BCUT2D eigenvalue weighted by Crippen LogP contribution is -2.33. The van der Waals surface area contributed by atoms with Crippen molar-refractivity contribution in [2.24, 2.45) is 17.6 Å². The van der Waals surface area contributed by atoms with Crippen molar-refractivity contribution in [3.05, 3.63) is 88.1 Å². The van der Waals surface area contributed by atoms with Crippen LogP contribution >= 0.6 is 0 Å². The van der Waals surface area contributed by atoms with Gasteiger partial charge in [-0.2, -0.15) is 0 Å². The normalized spacial score (nSPS) is 13.1. The summed E-state index contributed by atoms with van der Waals surface area (Å²) in [5.41, 5.74) is 10.1. The van der Waals surface area contributed by atoms with E-state index in [1.165, 1.54) is 12.8 Å². The van der Waals surface area contributed by atoms with Gasteiger partial charge in [0, 0.05) is 54.5 Å². The van der Waals surface area contributed by atoms with Crippen LogP contribution in [-0.2, 0) is 6.54 Å². The highest BCUT2D eigenvalue weighted by Crippen LogP contribution is 2.35. The van der Waals surface area contributed by atoms with Crippen LogP contribution in [0.5, 0.6) is 5.75 Å². The first-order chi connectivity index (χ1) is 23.0. The number of aromatic nitrogens is 2. The Kier molecular flexibility index (Phi) is 17.2. The Balaban J connectivity index is 0.000000900. The fourth-order valence-electron chi connectivity index (χ4n) is 4.73. The molecule has 3 aromatic rings. The van der Waals surface area contributed by atoms with Gasteiger partial charge in [0.05, 0.1) is 6.61 Å². The van der Waals surface area contributed by atoms with Gasteiger partial charge in [-0.25, -0.2) is 9.78 Å². The number of carbonyl (C=O) groups excluding carboxylic acids is 1. The summed E-state index contributed by atoms with van der Waals surface area (Å²) in [6.45, 7) is 17.7. The Morgan fingerprint density at radius 2 is 1.75 bits per heavy atom. The second-order valence-corrected chi connectivity index (χ2v) is 12.5. The van der Waals surface area contributed by atoms with Gasteiger partial charge in [0.25, 0.3) is 5.56 Å². The zero-order valence-corrected chi connectivity index (χ0v) is 30.2. The topological polar surface area (TPSA) is 132 Å². The quantitative estimate of drug-likeness (QED) is 0.153. The highest BCUT2D eigenvalue weighted by molar-refractivity contribution is 6.04. The van der Waals surface area contributed by atoms with Gasteiger partial charge in [-0.3, -0.25) is 9.36 Å². The summed E-state index contributed by atoms with van der Waals surface area (Å²) >= 11 is 0. The average molecular weight is 660 g/mol. The molecule has 0 radical (unpaired) electrons. The molecule has 2 heterocycles. The lowest BCUT2D eigenvalue weighted by atomic mass is 9.94. The molecule has 0 saturated carbocycles. The molecule has 262 valence electrons. The Morgan fingerprint density at radius 3 is 2.38 bits per heavy atom. The van der Waals surface area contributed by atoms with E-state index >= 15 is 0 Å². The zero-order chi connectivity index (χ0) is 35.6. The first-order valence-corrected chi connectivity index (χ1v) is 17.3. The maximum atomic E-state index is 13.8. The number of anilines is 1. The number of aliphatic hydroxyl groups is 1. The van der Waals surface area contributed by atoms with Crippen LogP contribution in [0.25, 0.3) is 22.2 Å². The zero-order valence-electron chi connectivity index (χ0n) is 30.2. The summed E-state index contributed by atoms with van der Waals surface area (Å²) in [5.74, 6) is 1.73. The molecule has 0 bridgehead atoms. The Hall–Kier alpha value is -4.37. The summed E-state index contributed by atoms with van der Waals surface area (Å²) in [6.07, 6.45) is 11.8. The number of allylic oxidation sites excluding steroid dienone is 4. The molecule has 9 heteroatoms. The third-order valence-corrected chi connectivity index (χ3v) is 7.51. The van der Waals surface area contributed by atoms with Crippen molar-refractivity contribution in [2.75, 3.05) is 18.5 Å². The number of aliphatic hydroxyl groups excluding tert-OH is 1. The second kappa shape index (κ2) is 20.8. The smallest absolute Gasteiger partial charge is 0.323 e. The van der Waals surface area contributed by atoms with Crippen molar-refractivity contribution in [3.63, 3.8) is 0 Å². The van der Waals surface area contributed by atoms with Gasteiger partial charge in [0.2, 0.25) is 0 Å². The SMILES string of the molecule is CC(C)C.CCC(C)C1=CC(N)=CC=C(NC(=O)Nc2c(-c3cccc(OCCCO)c3)c3cccnc3n(CC)c2=O)C1.CCCC. The van der Waals surface area contributed by atoms with E-state index < -0.39 is 6.03 Å². The number of urea groups is 1. The van der Waals surface area contributed by atoms with Crippen LogP contribution in [0.15, 0.2) is 82.6 Å². The molecule has 9 nitrogen and oxygen atoms in total. The summed E-state index contributed by atoms with van der Waals surface area (Å²) in [5, 5.41) is 15.6. The summed E-state index contributed by atoms with van der Waals surface area (Å²) < 4.78 is 7.34.